The zero-order chi connectivity index (χ0) is 19.6. The Bertz CT molecular complexity index is 706. The lowest BCUT2D eigenvalue weighted by atomic mass is 9.80. The third-order valence-corrected chi connectivity index (χ3v) is 6.37. The molecule has 0 saturated carbocycles. The van der Waals surface area contributed by atoms with Gasteiger partial charge in [-0.25, -0.2) is 0 Å². The highest BCUT2D eigenvalue weighted by atomic mass is 32.1. The van der Waals surface area contributed by atoms with Gasteiger partial charge in [-0.1, -0.05) is 6.07 Å². The van der Waals surface area contributed by atoms with Gasteiger partial charge in [-0.2, -0.15) is 0 Å². The monoisotopic (exact) mass is 392 g/mol. The van der Waals surface area contributed by atoms with E-state index in [-0.39, 0.29) is 35.6 Å². The second kappa shape index (κ2) is 7.98. The first-order valence-electron chi connectivity index (χ1n) is 9.26. The van der Waals surface area contributed by atoms with Crippen LogP contribution in [0.3, 0.4) is 0 Å². The Hall–Kier alpha value is -1.93. The number of carbonyl (C=O) groups excluding carboxylic acids is 3. The molecule has 1 N–H and O–H groups in total. The van der Waals surface area contributed by atoms with Gasteiger partial charge in [0.15, 0.2) is 0 Å². The molecule has 8 heteroatoms. The van der Waals surface area contributed by atoms with Crippen molar-refractivity contribution in [3.8, 4) is 0 Å². The molecule has 0 aliphatic carbocycles. The van der Waals surface area contributed by atoms with E-state index in [0.29, 0.717) is 32.6 Å². The predicted molar refractivity (Wildman–Crippen MR) is 104 cm³/mol. The van der Waals surface area contributed by atoms with E-state index in [1.807, 2.05) is 41.4 Å². The summed E-state index contributed by atoms with van der Waals surface area (Å²) in [6.07, 6.45) is 0.452. The summed E-state index contributed by atoms with van der Waals surface area (Å²) in [5, 5.41) is 4.58. The van der Waals surface area contributed by atoms with E-state index < -0.39 is 0 Å². The van der Waals surface area contributed by atoms with Crippen molar-refractivity contribution in [1.29, 1.82) is 0 Å². The van der Waals surface area contributed by atoms with Gasteiger partial charge in [0.25, 0.3) is 0 Å². The minimum Gasteiger partial charge on any atom is -0.347 e. The summed E-state index contributed by atoms with van der Waals surface area (Å²) in [7, 11) is 4.06. The topological polar surface area (TPSA) is 73.0 Å². The second-order valence-electron chi connectivity index (χ2n) is 8.01. The van der Waals surface area contributed by atoms with E-state index in [4.69, 9.17) is 0 Å². The maximum Gasteiger partial charge on any atom is 0.241 e. The van der Waals surface area contributed by atoms with Crippen LogP contribution in [0.2, 0.25) is 0 Å². The van der Waals surface area contributed by atoms with Crippen LogP contribution < -0.4 is 5.32 Å². The van der Waals surface area contributed by atoms with Crippen molar-refractivity contribution in [2.45, 2.75) is 13.3 Å². The molecule has 2 aliphatic rings. The Morgan fingerprint density at radius 1 is 1.22 bits per heavy atom. The number of fused-ring (bicyclic) bond motifs is 1. The van der Waals surface area contributed by atoms with Crippen molar-refractivity contribution in [1.82, 2.24) is 20.0 Å². The molecule has 1 aromatic rings. The summed E-state index contributed by atoms with van der Waals surface area (Å²) in [6, 6.07) is 3.97. The minimum atomic E-state index is -0.198. The molecule has 0 bridgehead atoms. The molecular weight excluding hydrogens is 364 g/mol. The van der Waals surface area contributed by atoms with Crippen LogP contribution in [0.25, 0.3) is 0 Å². The normalized spacial score (nSPS) is 24.4. The largest absolute Gasteiger partial charge is 0.347 e. The van der Waals surface area contributed by atoms with Gasteiger partial charge in [-0.3, -0.25) is 14.4 Å². The molecule has 2 atom stereocenters. The summed E-state index contributed by atoms with van der Waals surface area (Å²) >= 11 is 1.61. The van der Waals surface area contributed by atoms with Gasteiger partial charge in [0.2, 0.25) is 17.7 Å². The molecule has 0 unspecified atom stereocenters. The summed E-state index contributed by atoms with van der Waals surface area (Å²) in [5.74, 6) is 0.194. The number of nitrogens with one attached hydrogen (secondary N) is 1. The van der Waals surface area contributed by atoms with Gasteiger partial charge in [0.1, 0.15) is 0 Å². The van der Waals surface area contributed by atoms with E-state index in [1.165, 1.54) is 6.92 Å². The maximum absolute atomic E-state index is 12.8. The number of nitrogens with zero attached hydrogens (tertiary/aromatic N) is 3. The first-order chi connectivity index (χ1) is 12.8. The zero-order valence-electron chi connectivity index (χ0n) is 16.2. The minimum absolute atomic E-state index is 0.0428. The number of carbonyl (C=O) groups is 3. The summed E-state index contributed by atoms with van der Waals surface area (Å²) in [4.78, 5) is 43.4. The van der Waals surface area contributed by atoms with Gasteiger partial charge in [-0.15, -0.1) is 11.3 Å². The van der Waals surface area contributed by atoms with Gasteiger partial charge in [0.05, 0.1) is 13.0 Å². The van der Waals surface area contributed by atoms with Gasteiger partial charge >= 0.3 is 0 Å². The number of thiophene rings is 1. The summed E-state index contributed by atoms with van der Waals surface area (Å²) in [6.45, 7) is 4.96. The molecular formula is C19H28N4O3S. The van der Waals surface area contributed by atoms with Gasteiger partial charge in [0, 0.05) is 55.9 Å². The standard InChI is InChI=1S/C19H28N4O3S/c1-14(24)20-8-18(26)23-10-15-9-22(12-19(15,13-23)11-21(2)3)17(25)7-16-5-4-6-27-16/h4-6,15H,7-13H2,1-3H3,(H,20,24)/t15-,19+/m0/s1. The Morgan fingerprint density at radius 2 is 1.89 bits per heavy atom. The van der Waals surface area contributed by atoms with Crippen LogP contribution in [0, 0.1) is 11.3 Å². The van der Waals surface area contributed by atoms with Crippen molar-refractivity contribution in [3.63, 3.8) is 0 Å². The van der Waals surface area contributed by atoms with E-state index >= 15 is 0 Å². The molecule has 27 heavy (non-hydrogen) atoms. The van der Waals surface area contributed by atoms with Crippen LogP contribution in [0.15, 0.2) is 17.5 Å². The molecule has 3 heterocycles. The Balaban J connectivity index is 1.67. The molecule has 1 aromatic heterocycles. The SMILES string of the molecule is CC(=O)NCC(=O)N1C[C@@H]2CN(C(=O)Cc3cccs3)C[C@]2(CN(C)C)C1. The fraction of sp³-hybridized carbons (Fsp3) is 0.632. The van der Waals surface area contributed by atoms with Crippen LogP contribution >= 0.6 is 11.3 Å². The first kappa shape index (κ1) is 19.8. The summed E-state index contributed by atoms with van der Waals surface area (Å²) < 4.78 is 0. The fourth-order valence-corrected chi connectivity index (χ4v) is 5.10. The van der Waals surface area contributed by atoms with Crippen molar-refractivity contribution in [2.75, 3.05) is 53.4 Å². The smallest absolute Gasteiger partial charge is 0.241 e. The lowest BCUT2D eigenvalue weighted by Crippen LogP contribution is -2.45. The molecule has 0 aromatic carbocycles. The molecule has 2 saturated heterocycles. The molecule has 2 fully saturated rings. The molecule has 148 valence electrons. The molecule has 0 spiro atoms. The molecule has 2 aliphatic heterocycles. The van der Waals surface area contributed by atoms with Crippen LogP contribution in [0.5, 0.6) is 0 Å². The first-order valence-corrected chi connectivity index (χ1v) is 10.1. The number of hydrogen-bond donors (Lipinski definition) is 1. The van der Waals surface area contributed by atoms with Crippen molar-refractivity contribution in [2.24, 2.45) is 11.3 Å². The number of hydrogen-bond acceptors (Lipinski definition) is 5. The number of likely N-dealkylation sites (tertiary alicyclic amines) is 2. The summed E-state index contributed by atoms with van der Waals surface area (Å²) in [5.41, 5.74) is -0.0967. The third kappa shape index (κ3) is 4.50. The maximum atomic E-state index is 12.8. The van der Waals surface area contributed by atoms with Gasteiger partial charge in [-0.05, 0) is 25.5 Å². The average Bonchev–Trinajstić information content (AvgIpc) is 3.26. The lowest BCUT2D eigenvalue weighted by Gasteiger charge is -2.32. The van der Waals surface area contributed by atoms with Crippen LogP contribution in [0.1, 0.15) is 11.8 Å². The van der Waals surface area contributed by atoms with Crippen LogP contribution in [-0.2, 0) is 20.8 Å². The van der Waals surface area contributed by atoms with Crippen molar-refractivity contribution < 1.29 is 14.4 Å². The fourth-order valence-electron chi connectivity index (χ4n) is 4.40. The van der Waals surface area contributed by atoms with E-state index in [9.17, 15) is 14.4 Å². The number of rotatable bonds is 6. The highest BCUT2D eigenvalue weighted by Crippen LogP contribution is 2.43. The van der Waals surface area contributed by atoms with E-state index in [2.05, 4.69) is 10.2 Å². The molecule has 3 rings (SSSR count). The molecule has 0 radical (unpaired) electrons. The second-order valence-corrected chi connectivity index (χ2v) is 9.04. The zero-order valence-corrected chi connectivity index (χ0v) is 17.1. The number of amides is 3. The average molecular weight is 393 g/mol. The van der Waals surface area contributed by atoms with E-state index in [1.54, 1.807) is 11.3 Å². The highest BCUT2D eigenvalue weighted by molar-refractivity contribution is 7.10. The Labute approximate surface area is 164 Å². The van der Waals surface area contributed by atoms with Gasteiger partial charge < -0.3 is 20.0 Å². The quantitative estimate of drug-likeness (QED) is 0.755. The third-order valence-electron chi connectivity index (χ3n) is 5.49. The molecule has 7 nitrogen and oxygen atoms in total. The van der Waals surface area contributed by atoms with E-state index in [0.717, 1.165) is 11.4 Å². The molecule has 3 amide bonds. The van der Waals surface area contributed by atoms with Crippen molar-refractivity contribution in [3.05, 3.63) is 22.4 Å². The lowest BCUT2D eigenvalue weighted by molar-refractivity contribution is -0.132. The predicted octanol–water partition coefficient (Wildman–Crippen LogP) is 0.275. The van der Waals surface area contributed by atoms with Crippen LogP contribution in [-0.4, -0.2) is 85.8 Å². The highest BCUT2D eigenvalue weighted by Gasteiger charge is 2.54. The van der Waals surface area contributed by atoms with Crippen LogP contribution in [0.4, 0.5) is 0 Å². The Kier molecular flexibility index (Phi) is 5.86. The Morgan fingerprint density at radius 3 is 2.44 bits per heavy atom. The van der Waals surface area contributed by atoms with Crippen molar-refractivity contribution >= 4 is 29.1 Å².